The van der Waals surface area contributed by atoms with Crippen molar-refractivity contribution in [3.63, 3.8) is 0 Å². The van der Waals surface area contributed by atoms with Crippen LogP contribution in [0, 0.1) is 5.41 Å². The minimum Gasteiger partial charge on any atom is -0.486 e. The number of fused-ring (bicyclic) bond motifs is 1. The topological polar surface area (TPSA) is 157 Å². The van der Waals surface area contributed by atoms with Crippen molar-refractivity contribution in [2.24, 2.45) is 11.1 Å². The lowest BCUT2D eigenvalue weighted by molar-refractivity contribution is 0.0240. The standard InChI is InChI=1S/C21H23N7O4/c1-21(2,3)16(11-30-20(23)29)31-13-6-4-12(5-7-13)28-15-8-9-24-10-14(15)25-19(28)17-18(22)27-32-26-17/h4-10,16H,11H2,1-3H3,(H2,22,27)(H2,23,29). The van der Waals surface area contributed by atoms with Gasteiger partial charge in [-0.3, -0.25) is 9.55 Å². The van der Waals surface area contributed by atoms with Gasteiger partial charge in [0.2, 0.25) is 0 Å². The van der Waals surface area contributed by atoms with Gasteiger partial charge >= 0.3 is 6.09 Å². The van der Waals surface area contributed by atoms with Crippen LogP contribution in [0.25, 0.3) is 28.2 Å². The molecule has 0 aliphatic carbocycles. The molecule has 4 aromatic rings. The molecule has 0 radical (unpaired) electrons. The summed E-state index contributed by atoms with van der Waals surface area (Å²) in [5, 5.41) is 7.55. The van der Waals surface area contributed by atoms with Gasteiger partial charge in [0.25, 0.3) is 0 Å². The Morgan fingerprint density at radius 2 is 1.94 bits per heavy atom. The molecule has 1 aromatic carbocycles. The molecule has 1 atom stereocenters. The van der Waals surface area contributed by atoms with Gasteiger partial charge < -0.3 is 20.9 Å². The van der Waals surface area contributed by atoms with Gasteiger partial charge in [-0.25, -0.2) is 14.4 Å². The van der Waals surface area contributed by atoms with Crippen LogP contribution in [-0.2, 0) is 4.74 Å². The fraction of sp³-hybridized carbons (Fsp3) is 0.286. The quantitative estimate of drug-likeness (QED) is 0.462. The fourth-order valence-electron chi connectivity index (χ4n) is 3.16. The van der Waals surface area contributed by atoms with Crippen molar-refractivity contribution in [1.82, 2.24) is 24.8 Å². The first-order chi connectivity index (χ1) is 15.2. The summed E-state index contributed by atoms with van der Waals surface area (Å²) in [4.78, 5) is 19.8. The van der Waals surface area contributed by atoms with Crippen LogP contribution in [0.1, 0.15) is 20.8 Å². The van der Waals surface area contributed by atoms with Gasteiger partial charge in [0, 0.05) is 17.3 Å². The molecule has 3 heterocycles. The number of primary amides is 1. The third kappa shape index (κ3) is 4.17. The molecule has 0 saturated heterocycles. The Hall–Kier alpha value is -4.15. The van der Waals surface area contributed by atoms with Gasteiger partial charge in [0.15, 0.2) is 17.3 Å². The van der Waals surface area contributed by atoms with Crippen molar-refractivity contribution in [3.05, 3.63) is 42.7 Å². The van der Waals surface area contributed by atoms with E-state index in [0.29, 0.717) is 22.8 Å². The molecular formula is C21H23N7O4. The minimum atomic E-state index is -0.839. The molecule has 0 bridgehead atoms. The Balaban J connectivity index is 1.69. The Kier molecular flexibility index (Phi) is 5.39. The second-order valence-corrected chi connectivity index (χ2v) is 8.23. The zero-order valence-electron chi connectivity index (χ0n) is 17.8. The predicted octanol–water partition coefficient (Wildman–Crippen LogP) is 2.94. The summed E-state index contributed by atoms with van der Waals surface area (Å²) < 4.78 is 17.7. The maximum Gasteiger partial charge on any atom is 0.404 e. The van der Waals surface area contributed by atoms with Gasteiger partial charge in [0.05, 0.1) is 11.7 Å². The third-order valence-electron chi connectivity index (χ3n) is 4.90. The van der Waals surface area contributed by atoms with Crippen molar-refractivity contribution >= 4 is 22.9 Å². The lowest BCUT2D eigenvalue weighted by Gasteiger charge is -2.30. The molecule has 166 valence electrons. The zero-order chi connectivity index (χ0) is 22.9. The van der Waals surface area contributed by atoms with Crippen molar-refractivity contribution in [2.45, 2.75) is 26.9 Å². The predicted molar refractivity (Wildman–Crippen MR) is 116 cm³/mol. The molecule has 4 rings (SSSR count). The van der Waals surface area contributed by atoms with Crippen LogP contribution in [0.2, 0.25) is 0 Å². The van der Waals surface area contributed by atoms with Gasteiger partial charge in [-0.1, -0.05) is 20.8 Å². The number of aromatic nitrogens is 5. The summed E-state index contributed by atoms with van der Waals surface area (Å²) in [6.45, 7) is 6.02. The molecule has 3 aromatic heterocycles. The smallest absolute Gasteiger partial charge is 0.404 e. The van der Waals surface area contributed by atoms with Crippen LogP contribution in [0.4, 0.5) is 10.6 Å². The largest absolute Gasteiger partial charge is 0.486 e. The van der Waals surface area contributed by atoms with E-state index in [1.807, 2.05) is 55.7 Å². The van der Waals surface area contributed by atoms with Gasteiger partial charge in [-0.05, 0) is 40.6 Å². The van der Waals surface area contributed by atoms with Crippen LogP contribution >= 0.6 is 0 Å². The summed E-state index contributed by atoms with van der Waals surface area (Å²) in [5.74, 6) is 1.22. The molecule has 11 nitrogen and oxygen atoms in total. The van der Waals surface area contributed by atoms with E-state index in [4.69, 9.17) is 25.6 Å². The first-order valence-corrected chi connectivity index (χ1v) is 9.84. The second kappa shape index (κ2) is 8.17. The van der Waals surface area contributed by atoms with Gasteiger partial charge in [0.1, 0.15) is 24.0 Å². The highest BCUT2D eigenvalue weighted by Gasteiger charge is 2.28. The van der Waals surface area contributed by atoms with E-state index < -0.39 is 12.2 Å². The Morgan fingerprint density at radius 3 is 2.56 bits per heavy atom. The molecule has 0 aliphatic rings. The van der Waals surface area contributed by atoms with E-state index in [1.165, 1.54) is 0 Å². The van der Waals surface area contributed by atoms with Crippen LogP contribution < -0.4 is 16.2 Å². The van der Waals surface area contributed by atoms with Crippen molar-refractivity contribution in [3.8, 4) is 23.0 Å². The number of anilines is 1. The number of hydrogen-bond acceptors (Lipinski definition) is 9. The van der Waals surface area contributed by atoms with E-state index in [0.717, 1.165) is 11.2 Å². The molecule has 0 saturated carbocycles. The summed E-state index contributed by atoms with van der Waals surface area (Å²) >= 11 is 0. The Morgan fingerprint density at radius 1 is 1.19 bits per heavy atom. The summed E-state index contributed by atoms with van der Waals surface area (Å²) in [6, 6.07) is 9.23. The Labute approximate surface area is 183 Å². The first kappa shape index (κ1) is 21.1. The molecule has 0 fully saturated rings. The monoisotopic (exact) mass is 437 g/mol. The molecule has 0 aliphatic heterocycles. The van der Waals surface area contributed by atoms with Gasteiger partial charge in [-0.15, -0.1) is 0 Å². The normalized spacial score (nSPS) is 12.6. The number of ether oxygens (including phenoxy) is 2. The number of nitrogens with zero attached hydrogens (tertiary/aromatic N) is 5. The summed E-state index contributed by atoms with van der Waals surface area (Å²) in [5.41, 5.74) is 13.3. The molecule has 1 amide bonds. The number of hydrogen-bond donors (Lipinski definition) is 2. The number of amides is 1. The highest BCUT2D eigenvalue weighted by atomic mass is 16.6. The Bertz CT molecular complexity index is 1240. The lowest BCUT2D eigenvalue weighted by Crippen LogP contribution is -2.37. The minimum absolute atomic E-state index is 0.0440. The summed E-state index contributed by atoms with van der Waals surface area (Å²) in [6.07, 6.45) is 2.11. The van der Waals surface area contributed by atoms with Crippen molar-refractivity contribution in [1.29, 1.82) is 0 Å². The molecule has 32 heavy (non-hydrogen) atoms. The van der Waals surface area contributed by atoms with E-state index in [2.05, 4.69) is 20.3 Å². The lowest BCUT2D eigenvalue weighted by atomic mass is 9.89. The number of carbonyl (C=O) groups excluding carboxylic acids is 1. The second-order valence-electron chi connectivity index (χ2n) is 8.23. The molecule has 0 spiro atoms. The van der Waals surface area contributed by atoms with Crippen molar-refractivity contribution in [2.75, 3.05) is 12.3 Å². The maximum atomic E-state index is 11.0. The molecule has 11 heteroatoms. The highest BCUT2D eigenvalue weighted by Crippen LogP contribution is 2.31. The van der Waals surface area contributed by atoms with Crippen LogP contribution in [0.15, 0.2) is 47.4 Å². The SMILES string of the molecule is CC(C)(C)C(COC(N)=O)Oc1ccc(-n2c(-c3nonc3N)nc3cnccc32)cc1. The van der Waals surface area contributed by atoms with Crippen molar-refractivity contribution < 1.29 is 18.9 Å². The third-order valence-corrected chi connectivity index (χ3v) is 4.90. The van der Waals surface area contributed by atoms with Crippen LogP contribution in [0.5, 0.6) is 5.75 Å². The number of benzene rings is 1. The van der Waals surface area contributed by atoms with E-state index in [1.54, 1.807) is 12.4 Å². The number of pyridine rings is 1. The van der Waals surface area contributed by atoms with E-state index in [-0.39, 0.29) is 17.8 Å². The number of carbonyl (C=O) groups is 1. The van der Waals surface area contributed by atoms with Crippen LogP contribution in [0.3, 0.4) is 0 Å². The number of imidazole rings is 1. The fourth-order valence-corrected chi connectivity index (χ4v) is 3.16. The molecule has 4 N–H and O–H groups in total. The highest BCUT2D eigenvalue weighted by molar-refractivity contribution is 5.83. The van der Waals surface area contributed by atoms with E-state index in [9.17, 15) is 4.79 Å². The number of nitrogen functional groups attached to an aromatic ring is 1. The van der Waals surface area contributed by atoms with E-state index >= 15 is 0 Å². The zero-order valence-corrected chi connectivity index (χ0v) is 17.8. The number of nitrogens with two attached hydrogens (primary N) is 2. The average molecular weight is 437 g/mol. The van der Waals surface area contributed by atoms with Crippen LogP contribution in [-0.4, -0.2) is 43.7 Å². The number of rotatable bonds is 6. The molecular weight excluding hydrogens is 414 g/mol. The maximum absolute atomic E-state index is 11.0. The first-order valence-electron chi connectivity index (χ1n) is 9.84. The average Bonchev–Trinajstić information content (AvgIpc) is 3.33. The van der Waals surface area contributed by atoms with Gasteiger partial charge in [-0.2, -0.15) is 0 Å². The molecule has 1 unspecified atom stereocenters. The summed E-state index contributed by atoms with van der Waals surface area (Å²) in [7, 11) is 0.